The van der Waals surface area contributed by atoms with Gasteiger partial charge >= 0.3 is 5.97 Å². The number of benzene rings is 1. The molecule has 0 spiro atoms. The van der Waals surface area contributed by atoms with Crippen LogP contribution < -0.4 is 5.32 Å². The molecule has 0 bridgehead atoms. The quantitative estimate of drug-likeness (QED) is 0.618. The molecule has 1 aromatic carbocycles. The summed E-state index contributed by atoms with van der Waals surface area (Å²) in [4.78, 5) is 39.2. The van der Waals surface area contributed by atoms with E-state index in [9.17, 15) is 14.4 Å². The molecule has 28 heavy (non-hydrogen) atoms. The minimum absolute atomic E-state index is 0.00638. The Morgan fingerprint density at radius 3 is 2.68 bits per heavy atom. The Labute approximate surface area is 167 Å². The summed E-state index contributed by atoms with van der Waals surface area (Å²) < 4.78 is 5.20. The molecular weight excluding hydrogens is 376 g/mol. The second kappa shape index (κ2) is 8.84. The molecule has 1 N–H and O–H groups in total. The Balaban J connectivity index is 1.85. The van der Waals surface area contributed by atoms with Crippen molar-refractivity contribution < 1.29 is 19.1 Å². The third-order valence-corrected chi connectivity index (χ3v) is 5.58. The van der Waals surface area contributed by atoms with Crippen LogP contribution in [0, 0.1) is 0 Å². The first-order valence-electron chi connectivity index (χ1n) is 9.11. The van der Waals surface area contributed by atoms with Gasteiger partial charge in [0.15, 0.2) is 0 Å². The van der Waals surface area contributed by atoms with Crippen molar-refractivity contribution in [1.82, 2.24) is 4.90 Å². The smallest absolute Gasteiger partial charge is 0.341 e. The summed E-state index contributed by atoms with van der Waals surface area (Å²) in [6, 6.07) is 9.49. The number of nitrogens with zero attached hydrogens (tertiary/aromatic N) is 1. The number of anilines is 1. The number of ether oxygens (including phenoxy) is 1. The number of esters is 1. The molecule has 0 saturated heterocycles. The van der Waals surface area contributed by atoms with E-state index in [0.717, 1.165) is 16.0 Å². The first-order chi connectivity index (χ1) is 13.5. The number of carbonyl (C=O) groups excluding carboxylic acids is 3. The zero-order valence-electron chi connectivity index (χ0n) is 15.9. The zero-order chi connectivity index (χ0) is 20.1. The fraction of sp³-hybridized carbons (Fsp3) is 0.286. The molecule has 146 valence electrons. The predicted octanol–water partition coefficient (Wildman–Crippen LogP) is 3.48. The van der Waals surface area contributed by atoms with E-state index in [2.05, 4.69) is 5.32 Å². The second-order valence-corrected chi connectivity index (χ2v) is 7.46. The Kier molecular flexibility index (Phi) is 6.26. The maximum Gasteiger partial charge on any atom is 0.341 e. The van der Waals surface area contributed by atoms with Crippen LogP contribution in [0.2, 0.25) is 0 Å². The fourth-order valence-electron chi connectivity index (χ4n) is 3.07. The number of carbonyl (C=O) groups is 3. The Morgan fingerprint density at radius 2 is 2.00 bits per heavy atom. The Hall–Kier alpha value is -2.93. The number of fused-ring (bicyclic) bond motifs is 1. The molecule has 2 heterocycles. The molecule has 0 radical (unpaired) electrons. The molecule has 2 aromatic rings. The van der Waals surface area contributed by atoms with Crippen molar-refractivity contribution in [2.24, 2.45) is 0 Å². The molecule has 2 amide bonds. The molecule has 1 aliphatic heterocycles. The number of rotatable bonds is 5. The summed E-state index contributed by atoms with van der Waals surface area (Å²) in [5, 5.41) is 3.28. The van der Waals surface area contributed by atoms with Crippen molar-refractivity contribution in [3.8, 4) is 0 Å². The fourth-order valence-corrected chi connectivity index (χ4v) is 4.32. The number of nitrogens with one attached hydrogen (secondary N) is 1. The van der Waals surface area contributed by atoms with Gasteiger partial charge in [-0.05, 0) is 30.5 Å². The van der Waals surface area contributed by atoms with E-state index in [1.54, 1.807) is 17.9 Å². The van der Waals surface area contributed by atoms with Crippen molar-refractivity contribution in [2.75, 3.05) is 18.5 Å². The third-order valence-electron chi connectivity index (χ3n) is 4.45. The molecular formula is C21H22N2O4S. The van der Waals surface area contributed by atoms with Crippen LogP contribution in [0.15, 0.2) is 36.4 Å². The summed E-state index contributed by atoms with van der Waals surface area (Å²) in [6.45, 7) is 4.52. The molecule has 0 atom stereocenters. The predicted molar refractivity (Wildman–Crippen MR) is 109 cm³/mol. The molecule has 1 aromatic heterocycles. The second-order valence-electron chi connectivity index (χ2n) is 6.35. The number of hydrogen-bond acceptors (Lipinski definition) is 5. The van der Waals surface area contributed by atoms with Crippen LogP contribution in [0.25, 0.3) is 6.08 Å². The van der Waals surface area contributed by atoms with Gasteiger partial charge < -0.3 is 15.0 Å². The van der Waals surface area contributed by atoms with E-state index in [-0.39, 0.29) is 18.4 Å². The molecule has 7 heteroatoms. The summed E-state index contributed by atoms with van der Waals surface area (Å²) in [6.07, 6.45) is 3.71. The van der Waals surface area contributed by atoms with Crippen LogP contribution in [0.4, 0.5) is 5.00 Å². The van der Waals surface area contributed by atoms with E-state index in [4.69, 9.17) is 4.74 Å². The van der Waals surface area contributed by atoms with Gasteiger partial charge in [0.2, 0.25) is 11.8 Å². The number of hydrogen-bond donors (Lipinski definition) is 1. The average Bonchev–Trinajstić information content (AvgIpc) is 3.04. The largest absolute Gasteiger partial charge is 0.462 e. The normalized spacial score (nSPS) is 13.3. The lowest BCUT2D eigenvalue weighted by molar-refractivity contribution is -0.129. The van der Waals surface area contributed by atoms with Crippen molar-refractivity contribution in [1.29, 1.82) is 0 Å². The SMILES string of the molecule is CCOC(=O)c1c(NC(=O)C=Cc2ccccc2)sc2c1CCN(C(C)=O)C2. The van der Waals surface area contributed by atoms with Gasteiger partial charge in [-0.3, -0.25) is 9.59 Å². The van der Waals surface area contributed by atoms with Crippen molar-refractivity contribution >= 4 is 40.2 Å². The molecule has 0 aliphatic carbocycles. The topological polar surface area (TPSA) is 75.7 Å². The van der Waals surface area contributed by atoms with Crippen LogP contribution in [-0.2, 0) is 27.3 Å². The van der Waals surface area contributed by atoms with Crippen LogP contribution >= 0.6 is 11.3 Å². The summed E-state index contributed by atoms with van der Waals surface area (Å²) >= 11 is 1.33. The first-order valence-corrected chi connectivity index (χ1v) is 9.92. The van der Waals surface area contributed by atoms with Crippen molar-refractivity contribution in [3.63, 3.8) is 0 Å². The van der Waals surface area contributed by atoms with E-state index < -0.39 is 5.97 Å². The molecule has 0 unspecified atom stereocenters. The van der Waals surface area contributed by atoms with E-state index >= 15 is 0 Å². The monoisotopic (exact) mass is 398 g/mol. The lowest BCUT2D eigenvalue weighted by Crippen LogP contribution is -2.34. The van der Waals surface area contributed by atoms with Crippen molar-refractivity contribution in [2.45, 2.75) is 26.8 Å². The standard InChI is InChI=1S/C21H22N2O4S/c1-3-27-21(26)19-16-11-12-23(14(2)24)13-17(16)28-20(19)22-18(25)10-9-15-7-5-4-6-8-15/h4-10H,3,11-13H2,1-2H3,(H,22,25). The zero-order valence-corrected chi connectivity index (χ0v) is 16.7. The molecule has 0 fully saturated rings. The van der Waals surface area contributed by atoms with Gasteiger partial charge in [-0.25, -0.2) is 4.79 Å². The number of amides is 2. The van der Waals surface area contributed by atoms with Gasteiger partial charge in [0.25, 0.3) is 0 Å². The summed E-state index contributed by atoms with van der Waals surface area (Å²) in [5.74, 6) is -0.775. The van der Waals surface area contributed by atoms with Gasteiger partial charge in [-0.15, -0.1) is 11.3 Å². The van der Waals surface area contributed by atoms with Gasteiger partial charge in [0.1, 0.15) is 5.00 Å². The highest BCUT2D eigenvalue weighted by Crippen LogP contribution is 2.37. The molecule has 1 aliphatic rings. The maximum absolute atomic E-state index is 12.5. The molecule has 6 nitrogen and oxygen atoms in total. The van der Waals surface area contributed by atoms with Crippen molar-refractivity contribution in [3.05, 3.63) is 58.0 Å². The van der Waals surface area contributed by atoms with Gasteiger partial charge in [0, 0.05) is 24.4 Å². The summed E-state index contributed by atoms with van der Waals surface area (Å²) in [5.41, 5.74) is 2.18. The average molecular weight is 398 g/mol. The lowest BCUT2D eigenvalue weighted by Gasteiger charge is -2.25. The van der Waals surface area contributed by atoms with E-state index in [1.807, 2.05) is 30.3 Å². The van der Waals surface area contributed by atoms with E-state index in [1.165, 1.54) is 24.3 Å². The first kappa shape index (κ1) is 19.8. The Bertz CT molecular complexity index is 918. The minimum Gasteiger partial charge on any atom is -0.462 e. The highest BCUT2D eigenvalue weighted by atomic mass is 32.1. The van der Waals surface area contributed by atoms with Crippen LogP contribution in [-0.4, -0.2) is 35.8 Å². The number of thiophene rings is 1. The molecule has 3 rings (SSSR count). The summed E-state index contributed by atoms with van der Waals surface area (Å²) in [7, 11) is 0. The van der Waals surface area contributed by atoms with Crippen LogP contribution in [0.3, 0.4) is 0 Å². The highest BCUT2D eigenvalue weighted by molar-refractivity contribution is 7.17. The van der Waals surface area contributed by atoms with Gasteiger partial charge in [0.05, 0.1) is 18.7 Å². The lowest BCUT2D eigenvalue weighted by atomic mass is 10.0. The minimum atomic E-state index is -0.446. The van der Waals surface area contributed by atoms with Crippen LogP contribution in [0.5, 0.6) is 0 Å². The third kappa shape index (κ3) is 4.48. The Morgan fingerprint density at radius 1 is 1.25 bits per heavy atom. The highest BCUT2D eigenvalue weighted by Gasteiger charge is 2.30. The van der Waals surface area contributed by atoms with E-state index in [0.29, 0.717) is 30.1 Å². The molecule has 0 saturated carbocycles. The van der Waals surface area contributed by atoms with Gasteiger partial charge in [-0.2, -0.15) is 0 Å². The van der Waals surface area contributed by atoms with Gasteiger partial charge in [-0.1, -0.05) is 30.3 Å². The van der Waals surface area contributed by atoms with Crippen LogP contribution in [0.1, 0.15) is 40.2 Å². The maximum atomic E-state index is 12.5.